The molecule has 1 aromatic heterocycles. The maximum absolute atomic E-state index is 11.8. The van der Waals surface area contributed by atoms with E-state index >= 15 is 0 Å². The first-order valence-corrected chi connectivity index (χ1v) is 6.46. The minimum atomic E-state index is -0.162. The number of aliphatic hydroxyl groups is 1. The number of anilines is 1. The van der Waals surface area contributed by atoms with Crippen molar-refractivity contribution in [3.05, 3.63) is 35.0 Å². The molecule has 1 amide bonds. The zero-order valence-electron chi connectivity index (χ0n) is 10.6. The number of pyridine rings is 1. The molecule has 0 fully saturated rings. The summed E-state index contributed by atoms with van der Waals surface area (Å²) < 4.78 is 0. The van der Waals surface area contributed by atoms with E-state index in [2.05, 4.69) is 10.3 Å². The van der Waals surface area contributed by atoms with Gasteiger partial charge in [-0.15, -0.1) is 0 Å². The summed E-state index contributed by atoms with van der Waals surface area (Å²) in [5.74, 6) is -0.162. The number of aryl methyl sites for hydroxylation is 1. The van der Waals surface area contributed by atoms with E-state index in [0.29, 0.717) is 17.1 Å². The highest BCUT2D eigenvalue weighted by Gasteiger charge is 2.12. The molecule has 0 saturated heterocycles. The topological polar surface area (TPSA) is 62.2 Å². The standard InChI is InChI=1S/C14H15ClN2O2/c1-9-8-11(15)14(17-12(19)5-3-7-18)10-4-2-6-16-13(9)10/h2,4,6,8,18H,3,5,7H2,1H3,(H,17,19). The van der Waals surface area contributed by atoms with Gasteiger partial charge in [0.15, 0.2) is 0 Å². The smallest absolute Gasteiger partial charge is 0.224 e. The minimum Gasteiger partial charge on any atom is -0.396 e. The fourth-order valence-corrected chi connectivity index (χ4v) is 2.26. The number of benzene rings is 1. The molecule has 100 valence electrons. The Kier molecular flexibility index (Phi) is 4.35. The van der Waals surface area contributed by atoms with Crippen molar-refractivity contribution in [3.63, 3.8) is 0 Å². The lowest BCUT2D eigenvalue weighted by atomic mass is 10.1. The highest BCUT2D eigenvalue weighted by atomic mass is 35.5. The molecule has 2 aromatic rings. The summed E-state index contributed by atoms with van der Waals surface area (Å²) in [4.78, 5) is 16.1. The monoisotopic (exact) mass is 278 g/mol. The van der Waals surface area contributed by atoms with Crippen molar-refractivity contribution in [2.45, 2.75) is 19.8 Å². The second-order valence-corrected chi connectivity index (χ2v) is 4.73. The molecule has 1 heterocycles. The van der Waals surface area contributed by atoms with Crippen LogP contribution in [0.25, 0.3) is 10.9 Å². The summed E-state index contributed by atoms with van der Waals surface area (Å²) >= 11 is 6.19. The van der Waals surface area contributed by atoms with Gasteiger partial charge in [0.05, 0.1) is 16.2 Å². The van der Waals surface area contributed by atoms with E-state index in [1.54, 1.807) is 12.3 Å². The lowest BCUT2D eigenvalue weighted by Gasteiger charge is -2.12. The van der Waals surface area contributed by atoms with Crippen LogP contribution >= 0.6 is 11.6 Å². The highest BCUT2D eigenvalue weighted by molar-refractivity contribution is 6.35. The van der Waals surface area contributed by atoms with Crippen molar-refractivity contribution >= 4 is 34.1 Å². The summed E-state index contributed by atoms with van der Waals surface area (Å²) in [5.41, 5.74) is 2.37. The van der Waals surface area contributed by atoms with Gasteiger partial charge < -0.3 is 10.4 Å². The lowest BCUT2D eigenvalue weighted by Crippen LogP contribution is -2.12. The Bertz CT molecular complexity index is 614. The number of amides is 1. The molecule has 2 rings (SSSR count). The summed E-state index contributed by atoms with van der Waals surface area (Å²) in [6.45, 7) is 1.93. The van der Waals surface area contributed by atoms with Crippen LogP contribution in [0.5, 0.6) is 0 Å². The van der Waals surface area contributed by atoms with Crippen LogP contribution in [0.4, 0.5) is 5.69 Å². The van der Waals surface area contributed by atoms with Crippen LogP contribution in [0, 0.1) is 6.92 Å². The SMILES string of the molecule is Cc1cc(Cl)c(NC(=O)CCCO)c2cccnc12. The van der Waals surface area contributed by atoms with Crippen molar-refractivity contribution in [2.24, 2.45) is 0 Å². The number of carbonyl (C=O) groups excluding carboxylic acids is 1. The normalized spacial score (nSPS) is 10.7. The van der Waals surface area contributed by atoms with Gasteiger partial charge in [-0.25, -0.2) is 0 Å². The van der Waals surface area contributed by atoms with E-state index in [0.717, 1.165) is 16.5 Å². The van der Waals surface area contributed by atoms with Crippen LogP contribution in [0.3, 0.4) is 0 Å². The zero-order chi connectivity index (χ0) is 13.8. The first-order valence-electron chi connectivity index (χ1n) is 6.08. The van der Waals surface area contributed by atoms with E-state index in [1.165, 1.54) is 0 Å². The van der Waals surface area contributed by atoms with Gasteiger partial charge in [-0.3, -0.25) is 9.78 Å². The molecule has 0 atom stereocenters. The van der Waals surface area contributed by atoms with Crippen molar-refractivity contribution in [1.29, 1.82) is 0 Å². The van der Waals surface area contributed by atoms with E-state index in [9.17, 15) is 4.79 Å². The Morgan fingerprint density at radius 3 is 3.05 bits per heavy atom. The molecule has 19 heavy (non-hydrogen) atoms. The van der Waals surface area contributed by atoms with Crippen LogP contribution < -0.4 is 5.32 Å². The third-order valence-electron chi connectivity index (χ3n) is 2.86. The molecule has 0 unspecified atom stereocenters. The number of hydrogen-bond donors (Lipinski definition) is 2. The van der Waals surface area contributed by atoms with Gasteiger partial charge >= 0.3 is 0 Å². The fourth-order valence-electron chi connectivity index (χ4n) is 1.95. The number of halogens is 1. The average molecular weight is 279 g/mol. The van der Waals surface area contributed by atoms with E-state index in [-0.39, 0.29) is 18.9 Å². The average Bonchev–Trinajstić information content (AvgIpc) is 2.41. The van der Waals surface area contributed by atoms with E-state index in [4.69, 9.17) is 16.7 Å². The van der Waals surface area contributed by atoms with Gasteiger partial charge in [-0.1, -0.05) is 11.6 Å². The van der Waals surface area contributed by atoms with Gasteiger partial charge in [-0.2, -0.15) is 0 Å². The molecule has 5 heteroatoms. The van der Waals surface area contributed by atoms with Crippen LogP contribution in [-0.2, 0) is 4.79 Å². The second kappa shape index (κ2) is 5.99. The number of aromatic nitrogens is 1. The van der Waals surface area contributed by atoms with Crippen molar-refractivity contribution < 1.29 is 9.90 Å². The zero-order valence-corrected chi connectivity index (χ0v) is 11.4. The molecular formula is C14H15ClN2O2. The Labute approximate surface area is 116 Å². The molecule has 0 saturated carbocycles. The quantitative estimate of drug-likeness (QED) is 0.904. The number of hydrogen-bond acceptors (Lipinski definition) is 3. The first kappa shape index (κ1) is 13.8. The van der Waals surface area contributed by atoms with Crippen LogP contribution in [0.2, 0.25) is 5.02 Å². The van der Waals surface area contributed by atoms with Crippen molar-refractivity contribution in [2.75, 3.05) is 11.9 Å². The predicted octanol–water partition coefficient (Wildman–Crippen LogP) is 2.91. The third-order valence-corrected chi connectivity index (χ3v) is 3.16. The first-order chi connectivity index (χ1) is 9.13. The van der Waals surface area contributed by atoms with Gasteiger partial charge in [0.1, 0.15) is 0 Å². The van der Waals surface area contributed by atoms with Gasteiger partial charge in [0, 0.05) is 24.6 Å². The van der Waals surface area contributed by atoms with Gasteiger partial charge in [0.2, 0.25) is 5.91 Å². The summed E-state index contributed by atoms with van der Waals surface area (Å²) in [6.07, 6.45) is 2.41. The molecule has 0 aliphatic rings. The van der Waals surface area contributed by atoms with Crippen LogP contribution in [0.1, 0.15) is 18.4 Å². The number of fused-ring (bicyclic) bond motifs is 1. The number of nitrogens with one attached hydrogen (secondary N) is 1. The Hall–Kier alpha value is -1.65. The fraction of sp³-hybridized carbons (Fsp3) is 0.286. The molecule has 0 aliphatic carbocycles. The molecule has 0 aliphatic heterocycles. The maximum Gasteiger partial charge on any atom is 0.224 e. The predicted molar refractivity (Wildman–Crippen MR) is 76.4 cm³/mol. The highest BCUT2D eigenvalue weighted by Crippen LogP contribution is 2.32. The Balaban J connectivity index is 2.39. The molecule has 0 bridgehead atoms. The van der Waals surface area contributed by atoms with Crippen LogP contribution in [0.15, 0.2) is 24.4 Å². The molecule has 1 aromatic carbocycles. The van der Waals surface area contributed by atoms with Crippen molar-refractivity contribution in [3.8, 4) is 0 Å². The summed E-state index contributed by atoms with van der Waals surface area (Å²) in [5, 5.41) is 12.8. The molecule has 0 spiro atoms. The second-order valence-electron chi connectivity index (χ2n) is 4.33. The van der Waals surface area contributed by atoms with Crippen molar-refractivity contribution in [1.82, 2.24) is 4.98 Å². The largest absolute Gasteiger partial charge is 0.396 e. The summed E-state index contributed by atoms with van der Waals surface area (Å²) in [7, 11) is 0. The molecule has 0 radical (unpaired) electrons. The molecular weight excluding hydrogens is 264 g/mol. The Morgan fingerprint density at radius 1 is 1.53 bits per heavy atom. The van der Waals surface area contributed by atoms with E-state index in [1.807, 2.05) is 19.1 Å². The third kappa shape index (κ3) is 3.03. The Morgan fingerprint density at radius 2 is 2.32 bits per heavy atom. The molecule has 2 N–H and O–H groups in total. The van der Waals surface area contributed by atoms with Gasteiger partial charge in [-0.05, 0) is 37.1 Å². The molecule has 4 nitrogen and oxygen atoms in total. The van der Waals surface area contributed by atoms with Crippen LogP contribution in [-0.4, -0.2) is 22.6 Å². The lowest BCUT2D eigenvalue weighted by molar-refractivity contribution is -0.116. The number of aliphatic hydroxyl groups excluding tert-OH is 1. The summed E-state index contributed by atoms with van der Waals surface area (Å²) in [6, 6.07) is 5.48. The number of rotatable bonds is 4. The number of carbonyl (C=O) groups is 1. The number of nitrogens with zero attached hydrogens (tertiary/aromatic N) is 1. The van der Waals surface area contributed by atoms with Gasteiger partial charge in [0.25, 0.3) is 0 Å². The van der Waals surface area contributed by atoms with E-state index < -0.39 is 0 Å². The maximum atomic E-state index is 11.8. The minimum absolute atomic E-state index is 0.00263.